The van der Waals surface area contributed by atoms with Crippen LogP contribution < -0.4 is 0 Å². The molecular weight excluding hydrogens is 355 g/mol. The summed E-state index contributed by atoms with van der Waals surface area (Å²) in [6, 6.07) is 16.1. The molecule has 3 aromatic rings. The second-order valence-electron chi connectivity index (χ2n) is 6.26. The van der Waals surface area contributed by atoms with Gasteiger partial charge in [0.2, 0.25) is 0 Å². The van der Waals surface area contributed by atoms with Crippen LogP contribution in [-0.2, 0) is 11.3 Å². The van der Waals surface area contributed by atoms with E-state index in [1.165, 1.54) is 10.9 Å². The Hall–Kier alpha value is -1.65. The second kappa shape index (κ2) is 7.30. The van der Waals surface area contributed by atoms with Crippen molar-refractivity contribution in [2.45, 2.75) is 12.6 Å². The van der Waals surface area contributed by atoms with E-state index in [1.54, 1.807) is 0 Å². The maximum Gasteiger partial charge on any atom is 0.0953 e. The Morgan fingerprint density at radius 1 is 1.08 bits per heavy atom. The molecule has 0 N–H and O–H groups in total. The lowest BCUT2D eigenvalue weighted by Gasteiger charge is -2.33. The molecule has 5 heteroatoms. The molecule has 1 fully saturated rings. The van der Waals surface area contributed by atoms with Crippen molar-refractivity contribution in [3.63, 3.8) is 0 Å². The standard InChI is InChI=1S/C20H18Cl2N2O/c21-17-7-6-14(11-18(17)22)20-13-24(9-10-25-20)12-15-3-1-5-19-16(15)4-2-8-23-19/h1-8,11,20H,9-10,12-13H2. The van der Waals surface area contributed by atoms with Gasteiger partial charge in [-0.1, -0.05) is 47.5 Å². The summed E-state index contributed by atoms with van der Waals surface area (Å²) >= 11 is 12.2. The van der Waals surface area contributed by atoms with Crippen molar-refractivity contribution in [1.29, 1.82) is 0 Å². The Balaban J connectivity index is 1.54. The third kappa shape index (κ3) is 3.65. The highest BCUT2D eigenvalue weighted by Crippen LogP contribution is 2.30. The molecule has 0 saturated carbocycles. The van der Waals surface area contributed by atoms with Gasteiger partial charge in [0.1, 0.15) is 0 Å². The van der Waals surface area contributed by atoms with Gasteiger partial charge in [0.15, 0.2) is 0 Å². The number of morpholine rings is 1. The van der Waals surface area contributed by atoms with Gasteiger partial charge in [-0.15, -0.1) is 0 Å². The van der Waals surface area contributed by atoms with E-state index in [9.17, 15) is 0 Å². The number of hydrogen-bond donors (Lipinski definition) is 0. The Labute approximate surface area is 157 Å². The van der Waals surface area contributed by atoms with Crippen molar-refractivity contribution >= 4 is 34.1 Å². The topological polar surface area (TPSA) is 25.4 Å². The summed E-state index contributed by atoms with van der Waals surface area (Å²) in [4.78, 5) is 6.86. The smallest absolute Gasteiger partial charge is 0.0953 e. The molecule has 0 bridgehead atoms. The zero-order valence-electron chi connectivity index (χ0n) is 13.7. The molecule has 2 aromatic carbocycles. The molecule has 3 nitrogen and oxygen atoms in total. The average Bonchev–Trinajstić information content (AvgIpc) is 2.65. The minimum atomic E-state index is 0.0108. The first-order valence-corrected chi connectivity index (χ1v) is 9.08. The SMILES string of the molecule is Clc1ccc(C2CN(Cc3cccc4ncccc34)CCO2)cc1Cl. The molecule has 1 unspecified atom stereocenters. The van der Waals surface area contributed by atoms with Crippen molar-refractivity contribution < 1.29 is 4.74 Å². The number of rotatable bonds is 3. The third-order valence-electron chi connectivity index (χ3n) is 4.60. The molecule has 1 aromatic heterocycles. The molecule has 1 saturated heterocycles. The largest absolute Gasteiger partial charge is 0.371 e. The molecule has 25 heavy (non-hydrogen) atoms. The first-order chi connectivity index (χ1) is 12.2. The van der Waals surface area contributed by atoms with Gasteiger partial charge in [-0.2, -0.15) is 0 Å². The van der Waals surface area contributed by atoms with Gasteiger partial charge in [-0.3, -0.25) is 9.88 Å². The van der Waals surface area contributed by atoms with Crippen LogP contribution in [0.4, 0.5) is 0 Å². The van der Waals surface area contributed by atoms with Crippen LogP contribution in [0.15, 0.2) is 54.7 Å². The summed E-state index contributed by atoms with van der Waals surface area (Å²) < 4.78 is 5.96. The van der Waals surface area contributed by atoms with Gasteiger partial charge in [0.05, 0.1) is 28.3 Å². The highest BCUT2D eigenvalue weighted by Gasteiger charge is 2.23. The highest BCUT2D eigenvalue weighted by molar-refractivity contribution is 6.42. The van der Waals surface area contributed by atoms with Crippen molar-refractivity contribution in [3.8, 4) is 0 Å². The van der Waals surface area contributed by atoms with Gasteiger partial charge < -0.3 is 4.74 Å². The maximum atomic E-state index is 6.16. The van der Waals surface area contributed by atoms with Crippen molar-refractivity contribution in [2.75, 3.05) is 19.7 Å². The first-order valence-electron chi connectivity index (χ1n) is 8.32. The number of benzene rings is 2. The lowest BCUT2D eigenvalue weighted by Crippen LogP contribution is -2.37. The monoisotopic (exact) mass is 372 g/mol. The normalized spacial score (nSPS) is 18.6. The van der Waals surface area contributed by atoms with E-state index in [0.29, 0.717) is 16.7 Å². The van der Waals surface area contributed by atoms with Gasteiger partial charge >= 0.3 is 0 Å². The number of halogens is 2. The molecule has 4 rings (SSSR count). The summed E-state index contributed by atoms with van der Waals surface area (Å²) in [5.41, 5.74) is 3.40. The van der Waals surface area contributed by atoms with E-state index in [0.717, 1.165) is 30.7 Å². The van der Waals surface area contributed by atoms with Crippen molar-refractivity contribution in [1.82, 2.24) is 9.88 Å². The molecule has 2 heterocycles. The summed E-state index contributed by atoms with van der Waals surface area (Å²) in [6.07, 6.45) is 1.85. The minimum Gasteiger partial charge on any atom is -0.371 e. The van der Waals surface area contributed by atoms with Crippen molar-refractivity contribution in [3.05, 3.63) is 75.9 Å². The molecule has 1 aliphatic rings. The van der Waals surface area contributed by atoms with Gasteiger partial charge in [0, 0.05) is 31.2 Å². The lowest BCUT2D eigenvalue weighted by atomic mass is 10.1. The molecule has 1 atom stereocenters. The number of hydrogen-bond acceptors (Lipinski definition) is 3. The van der Waals surface area contributed by atoms with Crippen molar-refractivity contribution in [2.24, 2.45) is 0 Å². The number of pyridine rings is 1. The third-order valence-corrected chi connectivity index (χ3v) is 5.33. The van der Waals surface area contributed by atoms with E-state index < -0.39 is 0 Å². The van der Waals surface area contributed by atoms with Crippen LogP contribution in [-0.4, -0.2) is 29.6 Å². The molecule has 0 radical (unpaired) electrons. The average molecular weight is 373 g/mol. The quantitative estimate of drug-likeness (QED) is 0.638. The summed E-state index contributed by atoms with van der Waals surface area (Å²) in [7, 11) is 0. The van der Waals surface area contributed by atoms with Gasteiger partial charge in [-0.25, -0.2) is 0 Å². The van der Waals surface area contributed by atoms with Crippen LogP contribution in [0.2, 0.25) is 10.0 Å². The summed E-state index contributed by atoms with van der Waals surface area (Å²) in [5.74, 6) is 0. The Morgan fingerprint density at radius 2 is 2.00 bits per heavy atom. The van der Waals surface area contributed by atoms with E-state index in [4.69, 9.17) is 27.9 Å². The van der Waals surface area contributed by atoms with Crippen LogP contribution in [0, 0.1) is 0 Å². The van der Waals surface area contributed by atoms with E-state index in [-0.39, 0.29) is 6.10 Å². The minimum absolute atomic E-state index is 0.0108. The van der Waals surface area contributed by atoms with Crippen LogP contribution in [0.25, 0.3) is 10.9 Å². The number of ether oxygens (including phenoxy) is 1. The Morgan fingerprint density at radius 3 is 2.88 bits per heavy atom. The van der Waals surface area contributed by atoms with Gasteiger partial charge in [-0.05, 0) is 35.4 Å². The summed E-state index contributed by atoms with van der Waals surface area (Å²) in [5, 5.41) is 2.35. The van der Waals surface area contributed by atoms with Crippen LogP contribution >= 0.6 is 23.2 Å². The van der Waals surface area contributed by atoms with Gasteiger partial charge in [0.25, 0.3) is 0 Å². The van der Waals surface area contributed by atoms with E-state index in [1.807, 2.05) is 30.5 Å². The number of fused-ring (bicyclic) bond motifs is 1. The fourth-order valence-corrected chi connectivity index (χ4v) is 3.61. The van der Waals surface area contributed by atoms with Crippen LogP contribution in [0.5, 0.6) is 0 Å². The van der Waals surface area contributed by atoms with Crippen LogP contribution in [0.3, 0.4) is 0 Å². The molecule has 0 amide bonds. The molecule has 128 valence electrons. The second-order valence-corrected chi connectivity index (χ2v) is 7.07. The predicted octanol–water partition coefficient (Wildman–Crippen LogP) is 5.12. The predicted molar refractivity (Wildman–Crippen MR) is 102 cm³/mol. The molecular formula is C20H18Cl2N2O. The fraction of sp³-hybridized carbons (Fsp3) is 0.250. The lowest BCUT2D eigenvalue weighted by molar-refractivity contribution is -0.0328. The summed E-state index contributed by atoms with van der Waals surface area (Å²) in [6.45, 7) is 3.32. The molecule has 0 spiro atoms. The molecule has 0 aliphatic carbocycles. The maximum absolute atomic E-state index is 6.16. The molecule has 1 aliphatic heterocycles. The van der Waals surface area contributed by atoms with E-state index in [2.05, 4.69) is 34.1 Å². The highest BCUT2D eigenvalue weighted by atomic mass is 35.5. The first kappa shape index (κ1) is 16.8. The number of aromatic nitrogens is 1. The van der Waals surface area contributed by atoms with E-state index >= 15 is 0 Å². The zero-order valence-corrected chi connectivity index (χ0v) is 15.2. The Kier molecular flexibility index (Phi) is 4.91. The van der Waals surface area contributed by atoms with Crippen LogP contribution in [0.1, 0.15) is 17.2 Å². The zero-order chi connectivity index (χ0) is 17.2. The Bertz CT molecular complexity index is 895. The fourth-order valence-electron chi connectivity index (χ4n) is 3.31. The number of nitrogens with zero attached hydrogens (tertiary/aromatic N) is 2.